The zero-order valence-corrected chi connectivity index (χ0v) is 19.6. The summed E-state index contributed by atoms with van der Waals surface area (Å²) in [5.41, 5.74) is 2.17. The number of hydrogen-bond donors (Lipinski definition) is 2. The van der Waals surface area contributed by atoms with E-state index in [0.717, 1.165) is 48.3 Å². The lowest BCUT2D eigenvalue weighted by Crippen LogP contribution is -2.37. The lowest BCUT2D eigenvalue weighted by atomic mass is 10.1. The van der Waals surface area contributed by atoms with Gasteiger partial charge < -0.3 is 24.6 Å². The van der Waals surface area contributed by atoms with Crippen LogP contribution in [0.1, 0.15) is 43.2 Å². The molecule has 8 heteroatoms. The summed E-state index contributed by atoms with van der Waals surface area (Å²) in [5, 5.41) is 10.6. The van der Waals surface area contributed by atoms with E-state index in [9.17, 15) is 0 Å². The molecule has 0 unspecified atom stereocenters. The van der Waals surface area contributed by atoms with Crippen LogP contribution in [0.5, 0.6) is 11.5 Å². The van der Waals surface area contributed by atoms with Crippen molar-refractivity contribution in [1.82, 2.24) is 15.8 Å². The summed E-state index contributed by atoms with van der Waals surface area (Å²) in [7, 11) is 5.05. The summed E-state index contributed by atoms with van der Waals surface area (Å²) >= 11 is 0. The van der Waals surface area contributed by atoms with Crippen LogP contribution in [0.15, 0.2) is 33.8 Å². The molecule has 2 aromatic rings. The number of rotatable bonds is 9. The van der Waals surface area contributed by atoms with E-state index in [0.29, 0.717) is 12.5 Å². The molecule has 0 fully saturated rings. The van der Waals surface area contributed by atoms with Crippen molar-refractivity contribution in [3.8, 4) is 11.5 Å². The third-order valence-corrected chi connectivity index (χ3v) is 4.21. The first kappa shape index (κ1) is 24.1. The summed E-state index contributed by atoms with van der Waals surface area (Å²) in [5.74, 6) is 3.40. The normalized spacial score (nSPS) is 11.1. The third-order valence-electron chi connectivity index (χ3n) is 4.21. The first-order valence-electron chi connectivity index (χ1n) is 9.18. The zero-order chi connectivity index (χ0) is 19.6. The molecule has 1 aromatic carbocycles. The number of guanidine groups is 1. The van der Waals surface area contributed by atoms with Gasteiger partial charge in [-0.25, -0.2) is 0 Å². The average molecular weight is 502 g/mol. The molecule has 0 saturated carbocycles. The number of ether oxygens (including phenoxy) is 2. The molecule has 0 spiro atoms. The van der Waals surface area contributed by atoms with Crippen molar-refractivity contribution in [2.75, 3.05) is 27.8 Å². The first-order valence-corrected chi connectivity index (χ1v) is 9.18. The Morgan fingerprint density at radius 3 is 2.50 bits per heavy atom. The molecule has 2 N–H and O–H groups in total. The third kappa shape index (κ3) is 7.21. The van der Waals surface area contributed by atoms with Gasteiger partial charge in [-0.05, 0) is 36.5 Å². The molecule has 0 aliphatic heterocycles. The molecule has 1 heterocycles. The highest BCUT2D eigenvalue weighted by atomic mass is 127. The number of aliphatic imine (C=N–C) groups is 1. The summed E-state index contributed by atoms with van der Waals surface area (Å²) in [6, 6.07) is 7.99. The molecule has 28 heavy (non-hydrogen) atoms. The number of nitrogens with one attached hydrogen (secondary N) is 2. The Balaban J connectivity index is 0.00000392. The van der Waals surface area contributed by atoms with Gasteiger partial charge in [0, 0.05) is 19.7 Å². The van der Waals surface area contributed by atoms with Crippen LogP contribution in [0.4, 0.5) is 0 Å². The van der Waals surface area contributed by atoms with Gasteiger partial charge in [0.15, 0.2) is 23.2 Å². The Bertz CT molecular complexity index is 747. The van der Waals surface area contributed by atoms with E-state index in [-0.39, 0.29) is 24.0 Å². The number of nitrogens with zero attached hydrogens (tertiary/aromatic N) is 2. The van der Waals surface area contributed by atoms with E-state index < -0.39 is 0 Å². The van der Waals surface area contributed by atoms with Crippen molar-refractivity contribution in [2.45, 2.75) is 39.2 Å². The molecule has 2 rings (SSSR count). The molecule has 0 aliphatic carbocycles. The fourth-order valence-electron chi connectivity index (χ4n) is 2.61. The van der Waals surface area contributed by atoms with E-state index in [4.69, 9.17) is 14.0 Å². The largest absolute Gasteiger partial charge is 0.493 e. The van der Waals surface area contributed by atoms with Gasteiger partial charge in [-0.1, -0.05) is 25.1 Å². The van der Waals surface area contributed by atoms with Gasteiger partial charge in [0.1, 0.15) is 0 Å². The second-order valence-corrected chi connectivity index (χ2v) is 6.52. The minimum Gasteiger partial charge on any atom is -0.493 e. The van der Waals surface area contributed by atoms with Crippen LogP contribution in [-0.4, -0.2) is 38.9 Å². The first-order chi connectivity index (χ1) is 13.1. The zero-order valence-electron chi connectivity index (χ0n) is 17.2. The quantitative estimate of drug-likeness (QED) is 0.236. The van der Waals surface area contributed by atoms with E-state index in [1.165, 1.54) is 5.56 Å². The summed E-state index contributed by atoms with van der Waals surface area (Å²) < 4.78 is 15.9. The molecule has 0 atom stereocenters. The van der Waals surface area contributed by atoms with Crippen LogP contribution in [0.25, 0.3) is 0 Å². The number of halogens is 1. The molecule has 0 amide bonds. The predicted molar refractivity (Wildman–Crippen MR) is 122 cm³/mol. The highest BCUT2D eigenvalue weighted by Crippen LogP contribution is 2.27. The van der Waals surface area contributed by atoms with E-state index in [2.05, 4.69) is 40.7 Å². The number of aromatic nitrogens is 1. The van der Waals surface area contributed by atoms with Crippen molar-refractivity contribution in [2.24, 2.45) is 4.99 Å². The highest BCUT2D eigenvalue weighted by molar-refractivity contribution is 14.0. The molecule has 0 radical (unpaired) electrons. The lowest BCUT2D eigenvalue weighted by Gasteiger charge is -2.12. The van der Waals surface area contributed by atoms with E-state index in [1.807, 2.05) is 18.2 Å². The fourth-order valence-corrected chi connectivity index (χ4v) is 2.61. The maximum absolute atomic E-state index is 5.35. The maximum Gasteiger partial charge on any atom is 0.191 e. The molecule has 156 valence electrons. The van der Waals surface area contributed by atoms with Crippen molar-refractivity contribution in [1.29, 1.82) is 0 Å². The number of aryl methyl sites for hydroxylation is 1. The summed E-state index contributed by atoms with van der Waals surface area (Å²) in [6.45, 7) is 5.54. The Hall–Kier alpha value is -1.97. The minimum atomic E-state index is 0. The van der Waals surface area contributed by atoms with Crippen molar-refractivity contribution in [3.63, 3.8) is 0 Å². The van der Waals surface area contributed by atoms with Crippen LogP contribution < -0.4 is 20.1 Å². The Kier molecular flexibility index (Phi) is 10.7. The molecule has 7 nitrogen and oxygen atoms in total. The number of benzene rings is 1. The van der Waals surface area contributed by atoms with Crippen molar-refractivity contribution >= 4 is 29.9 Å². The topological polar surface area (TPSA) is 80.9 Å². The Morgan fingerprint density at radius 1 is 1.14 bits per heavy atom. The summed E-state index contributed by atoms with van der Waals surface area (Å²) in [6.07, 6.45) is 1.90. The minimum absolute atomic E-state index is 0. The van der Waals surface area contributed by atoms with Crippen molar-refractivity contribution in [3.05, 3.63) is 41.3 Å². The van der Waals surface area contributed by atoms with E-state index >= 15 is 0 Å². The van der Waals surface area contributed by atoms with Gasteiger partial charge in [-0.2, -0.15) is 0 Å². The van der Waals surface area contributed by atoms with Gasteiger partial charge in [-0.15, -0.1) is 24.0 Å². The van der Waals surface area contributed by atoms with Gasteiger partial charge >= 0.3 is 0 Å². The van der Waals surface area contributed by atoms with Gasteiger partial charge in [0.25, 0.3) is 0 Å². The standard InChI is InChI=1S/C20H30N4O3.HI/c1-14(2)17-12-16(27-24-17)13-23-20(21-3)22-10-6-7-15-8-9-18(25-4)19(11-15)26-5;/h8-9,11-12,14H,6-7,10,13H2,1-5H3,(H2,21,22,23);1H. The monoisotopic (exact) mass is 502 g/mol. The second kappa shape index (κ2) is 12.5. The van der Waals surface area contributed by atoms with Crippen LogP contribution >= 0.6 is 24.0 Å². The molecule has 0 bridgehead atoms. The van der Waals surface area contributed by atoms with Crippen LogP contribution in [-0.2, 0) is 13.0 Å². The van der Waals surface area contributed by atoms with Crippen LogP contribution in [0, 0.1) is 0 Å². The Morgan fingerprint density at radius 2 is 1.89 bits per heavy atom. The van der Waals surface area contributed by atoms with Gasteiger partial charge in [0.05, 0.1) is 26.5 Å². The van der Waals surface area contributed by atoms with Gasteiger partial charge in [0.2, 0.25) is 0 Å². The highest BCUT2D eigenvalue weighted by Gasteiger charge is 2.08. The summed E-state index contributed by atoms with van der Waals surface area (Å²) in [4.78, 5) is 4.24. The van der Waals surface area contributed by atoms with Gasteiger partial charge in [-0.3, -0.25) is 4.99 Å². The lowest BCUT2D eigenvalue weighted by molar-refractivity contribution is 0.354. The number of methoxy groups -OCH3 is 2. The predicted octanol–water partition coefficient (Wildman–Crippen LogP) is 3.73. The Labute approximate surface area is 184 Å². The van der Waals surface area contributed by atoms with Crippen LogP contribution in [0.3, 0.4) is 0 Å². The molecule has 1 aromatic heterocycles. The molecule has 0 aliphatic rings. The molecular weight excluding hydrogens is 471 g/mol. The SMILES string of the molecule is CN=C(NCCCc1ccc(OC)c(OC)c1)NCc1cc(C(C)C)no1.I. The molecular formula is C20H31IN4O3. The average Bonchev–Trinajstić information content (AvgIpc) is 3.16. The van der Waals surface area contributed by atoms with Crippen LogP contribution in [0.2, 0.25) is 0 Å². The maximum atomic E-state index is 5.35. The molecule has 0 saturated heterocycles. The van der Waals surface area contributed by atoms with Crippen molar-refractivity contribution < 1.29 is 14.0 Å². The second-order valence-electron chi connectivity index (χ2n) is 6.52. The fraction of sp³-hybridized carbons (Fsp3) is 0.500. The smallest absolute Gasteiger partial charge is 0.191 e. The number of hydrogen-bond acceptors (Lipinski definition) is 5. The van der Waals surface area contributed by atoms with E-state index in [1.54, 1.807) is 21.3 Å².